The number of benzene rings is 1. The molecule has 16 nitrogen and oxygen atoms in total. The van der Waals surface area contributed by atoms with Gasteiger partial charge in [0.25, 0.3) is 0 Å². The molecule has 1 aliphatic heterocycles. The van der Waals surface area contributed by atoms with Crippen LogP contribution < -0.4 is 21.3 Å². The topological polar surface area (TPSA) is 216 Å². The normalized spacial score (nSPS) is 15.3. The number of nitrogens with one attached hydrogen (secondary N) is 4. The highest BCUT2D eigenvalue weighted by atomic mass is 16.5. The fourth-order valence-electron chi connectivity index (χ4n) is 4.09. The Morgan fingerprint density at radius 1 is 1.09 bits per heavy atom. The third kappa shape index (κ3) is 15.9. The summed E-state index contributed by atoms with van der Waals surface area (Å²) in [7, 11) is 0. The van der Waals surface area contributed by atoms with E-state index in [0.717, 1.165) is 18.7 Å². The van der Waals surface area contributed by atoms with E-state index in [2.05, 4.69) is 36.2 Å². The molecule has 1 aliphatic rings. The summed E-state index contributed by atoms with van der Waals surface area (Å²) in [6.07, 6.45) is -2.29. The Morgan fingerprint density at radius 2 is 1.84 bits per heavy atom. The number of aliphatic hydroxyl groups is 1. The molecule has 1 aromatic carbocycles. The molecule has 1 fully saturated rings. The highest BCUT2D eigenvalue weighted by Crippen LogP contribution is 2.07. The predicted molar refractivity (Wildman–Crippen MR) is 154 cm³/mol. The number of morpholine rings is 1. The third-order valence-electron chi connectivity index (χ3n) is 6.28. The Morgan fingerprint density at radius 3 is 2.53 bits per heavy atom. The van der Waals surface area contributed by atoms with E-state index >= 15 is 0 Å². The summed E-state index contributed by atoms with van der Waals surface area (Å²) in [5, 5.41) is 24.9. The lowest BCUT2D eigenvalue weighted by molar-refractivity contribution is -0.146. The smallest absolute Gasteiger partial charge is 0.308 e. The molecule has 0 saturated carbocycles. The number of ether oxygens (including phenoxy) is 3. The van der Waals surface area contributed by atoms with Crippen molar-refractivity contribution in [2.75, 3.05) is 65.7 Å². The molecule has 3 amide bonds. The lowest BCUT2D eigenvalue weighted by Crippen LogP contribution is -2.57. The first-order valence-electron chi connectivity index (χ1n) is 14.1. The molecular formula is C27H42N8O8. The number of nitrogens with zero attached hydrogens (tertiary/aromatic N) is 4. The highest BCUT2D eigenvalue weighted by Gasteiger charge is 2.30. The average Bonchev–Trinajstić information content (AvgIpc) is 2.99. The number of aliphatic hydroxyl groups excluding tert-OH is 1. The highest BCUT2D eigenvalue weighted by molar-refractivity contribution is 5.88. The molecule has 3 atom stereocenters. The van der Waals surface area contributed by atoms with Crippen molar-refractivity contribution in [2.24, 2.45) is 5.11 Å². The average molecular weight is 607 g/mol. The van der Waals surface area contributed by atoms with E-state index in [1.54, 1.807) is 24.3 Å². The second-order valence-electron chi connectivity index (χ2n) is 9.69. The van der Waals surface area contributed by atoms with Crippen LogP contribution in [0.5, 0.6) is 0 Å². The summed E-state index contributed by atoms with van der Waals surface area (Å²) >= 11 is 0. The Bertz CT molecular complexity index is 1050. The Labute approximate surface area is 250 Å². The van der Waals surface area contributed by atoms with Gasteiger partial charge in [-0.05, 0) is 11.1 Å². The number of rotatable bonds is 20. The van der Waals surface area contributed by atoms with Gasteiger partial charge in [-0.1, -0.05) is 35.4 Å². The minimum atomic E-state index is -1.58. The van der Waals surface area contributed by atoms with Crippen LogP contribution in [0.25, 0.3) is 10.4 Å². The molecule has 1 aromatic rings. The number of carbonyl (C=O) groups is 4. The molecule has 0 aromatic heterocycles. The quantitative estimate of drug-likeness (QED) is 0.0310. The summed E-state index contributed by atoms with van der Waals surface area (Å²) < 4.78 is 15.9. The van der Waals surface area contributed by atoms with Crippen molar-refractivity contribution in [1.29, 1.82) is 0 Å². The fraction of sp³-hybridized carbons (Fsp3) is 0.630. The molecule has 16 heteroatoms. The zero-order chi connectivity index (χ0) is 31.3. The molecule has 5 N–H and O–H groups in total. The molecule has 0 spiro atoms. The van der Waals surface area contributed by atoms with Gasteiger partial charge in [-0.2, -0.15) is 0 Å². The van der Waals surface area contributed by atoms with E-state index in [9.17, 15) is 24.3 Å². The summed E-state index contributed by atoms with van der Waals surface area (Å²) in [6.45, 7) is 5.51. The summed E-state index contributed by atoms with van der Waals surface area (Å²) in [5.74, 6) is -2.23. The van der Waals surface area contributed by atoms with Crippen molar-refractivity contribution in [1.82, 2.24) is 26.2 Å². The van der Waals surface area contributed by atoms with E-state index in [-0.39, 0.29) is 45.8 Å². The summed E-state index contributed by atoms with van der Waals surface area (Å²) in [4.78, 5) is 54.9. The minimum absolute atomic E-state index is 0.0105. The van der Waals surface area contributed by atoms with Crippen molar-refractivity contribution in [2.45, 2.75) is 44.7 Å². The molecule has 0 radical (unpaired) electrons. The van der Waals surface area contributed by atoms with Gasteiger partial charge in [-0.3, -0.25) is 29.4 Å². The first-order valence-corrected chi connectivity index (χ1v) is 14.1. The second-order valence-corrected chi connectivity index (χ2v) is 9.69. The van der Waals surface area contributed by atoms with Crippen LogP contribution in [-0.4, -0.2) is 118 Å². The molecule has 1 heterocycles. The van der Waals surface area contributed by atoms with E-state index in [0.29, 0.717) is 26.3 Å². The van der Waals surface area contributed by atoms with Gasteiger partial charge in [0, 0.05) is 51.1 Å². The van der Waals surface area contributed by atoms with E-state index in [1.165, 1.54) is 6.92 Å². The maximum Gasteiger partial charge on any atom is 0.308 e. The van der Waals surface area contributed by atoms with E-state index in [1.807, 2.05) is 6.07 Å². The van der Waals surface area contributed by atoms with Gasteiger partial charge in [-0.15, -0.1) is 0 Å². The molecule has 43 heavy (non-hydrogen) atoms. The zero-order valence-electron chi connectivity index (χ0n) is 24.4. The van der Waals surface area contributed by atoms with Crippen LogP contribution >= 0.6 is 0 Å². The van der Waals surface area contributed by atoms with Gasteiger partial charge in [0.15, 0.2) is 0 Å². The van der Waals surface area contributed by atoms with Crippen molar-refractivity contribution in [3.05, 3.63) is 46.3 Å². The molecule has 238 valence electrons. The number of carbonyl (C=O) groups excluding carboxylic acids is 4. The first-order chi connectivity index (χ1) is 20.8. The molecular weight excluding hydrogens is 564 g/mol. The van der Waals surface area contributed by atoms with Crippen LogP contribution in [0.3, 0.4) is 0 Å². The van der Waals surface area contributed by atoms with Crippen LogP contribution in [0.1, 0.15) is 25.3 Å². The second kappa shape index (κ2) is 21.0. The van der Waals surface area contributed by atoms with Crippen molar-refractivity contribution < 1.29 is 38.5 Å². The van der Waals surface area contributed by atoms with Crippen molar-refractivity contribution in [3.8, 4) is 0 Å². The van der Waals surface area contributed by atoms with Crippen LogP contribution in [0.15, 0.2) is 35.4 Å². The van der Waals surface area contributed by atoms with Crippen LogP contribution in [0.2, 0.25) is 0 Å². The Hall–Kier alpha value is -3.79. The van der Waals surface area contributed by atoms with Gasteiger partial charge in [-0.25, -0.2) is 0 Å². The molecule has 2 rings (SSSR count). The first kappa shape index (κ1) is 35.4. The van der Waals surface area contributed by atoms with Crippen LogP contribution in [-0.2, 0) is 40.0 Å². The SMILES string of the molecule is CC(=O)N[C@@H](CC(=O)OCc1ccccc1)C(O)N[C@@H](CC(=O)NCCN1CCOCC1)C(=O)NCCOCCN=[N+]=[N-]. The molecule has 0 aliphatic carbocycles. The fourth-order valence-corrected chi connectivity index (χ4v) is 4.09. The molecule has 1 unspecified atom stereocenters. The minimum Gasteiger partial charge on any atom is -0.461 e. The van der Waals surface area contributed by atoms with E-state index < -0.39 is 42.0 Å². The number of hydrogen-bond acceptors (Lipinski definition) is 11. The van der Waals surface area contributed by atoms with Crippen molar-refractivity contribution >= 4 is 23.7 Å². The molecule has 0 bridgehead atoms. The Kier molecular flexibility index (Phi) is 17.3. The van der Waals surface area contributed by atoms with Gasteiger partial charge < -0.3 is 35.3 Å². The van der Waals surface area contributed by atoms with Crippen LogP contribution in [0, 0.1) is 0 Å². The number of esters is 1. The molecule has 1 saturated heterocycles. The van der Waals surface area contributed by atoms with E-state index in [4.69, 9.17) is 19.7 Å². The predicted octanol–water partition coefficient (Wildman–Crippen LogP) is -0.817. The largest absolute Gasteiger partial charge is 0.461 e. The van der Waals surface area contributed by atoms with Gasteiger partial charge in [0.05, 0.1) is 51.4 Å². The number of hydrogen-bond donors (Lipinski definition) is 5. The van der Waals surface area contributed by atoms with Gasteiger partial charge in [0.2, 0.25) is 17.7 Å². The summed E-state index contributed by atoms with van der Waals surface area (Å²) in [6, 6.07) is 6.65. The third-order valence-corrected chi connectivity index (χ3v) is 6.28. The Balaban J connectivity index is 1.97. The van der Waals surface area contributed by atoms with Crippen molar-refractivity contribution in [3.63, 3.8) is 0 Å². The lowest BCUT2D eigenvalue weighted by Gasteiger charge is -2.28. The number of azide groups is 1. The summed E-state index contributed by atoms with van der Waals surface area (Å²) in [5.41, 5.74) is 9.07. The van der Waals surface area contributed by atoms with Crippen LogP contribution in [0.4, 0.5) is 0 Å². The number of amides is 3. The monoisotopic (exact) mass is 606 g/mol. The standard InChI is InChI=1S/C27H42N8O8/c1-20(36)32-23(18-25(38)43-19-21-5-3-2-4-6-21)27(40)33-22(26(39)30-8-13-41-14-9-31-34-28)17-24(37)29-7-10-35-11-15-42-16-12-35/h2-6,22-23,27,33,40H,7-19H2,1H3,(H,29,37)(H,30,39)(H,32,36)/t22-,23-,27?/m0/s1. The maximum absolute atomic E-state index is 13.0. The van der Waals surface area contributed by atoms with Gasteiger partial charge in [0.1, 0.15) is 12.8 Å². The lowest BCUT2D eigenvalue weighted by atomic mass is 10.1. The maximum atomic E-state index is 13.0. The van der Waals surface area contributed by atoms with Gasteiger partial charge >= 0.3 is 5.97 Å². The zero-order valence-corrected chi connectivity index (χ0v) is 24.4.